The lowest BCUT2D eigenvalue weighted by Gasteiger charge is -2.14. The zero-order valence-corrected chi connectivity index (χ0v) is 12.1. The second-order valence-corrected chi connectivity index (χ2v) is 6.48. The van der Waals surface area contributed by atoms with Crippen LogP contribution in [0, 0.1) is 0 Å². The van der Waals surface area contributed by atoms with E-state index < -0.39 is 6.10 Å². The molecule has 0 bridgehead atoms. The van der Waals surface area contributed by atoms with E-state index in [1.54, 1.807) is 0 Å². The van der Waals surface area contributed by atoms with Gasteiger partial charge in [-0.2, -0.15) is 0 Å². The van der Waals surface area contributed by atoms with E-state index in [0.29, 0.717) is 11.8 Å². The van der Waals surface area contributed by atoms with Gasteiger partial charge in [0.1, 0.15) is 0 Å². The Labute approximate surface area is 124 Å². The molecule has 3 rings (SSSR count). The van der Waals surface area contributed by atoms with Gasteiger partial charge in [-0.15, -0.1) is 11.8 Å². The van der Waals surface area contributed by atoms with Crippen LogP contribution in [0.2, 0.25) is 0 Å². The molecule has 1 heterocycles. The number of aliphatic hydroxyl groups excluding tert-OH is 1. The van der Waals surface area contributed by atoms with Crippen molar-refractivity contribution in [1.82, 2.24) is 5.32 Å². The minimum absolute atomic E-state index is 0.426. The van der Waals surface area contributed by atoms with Gasteiger partial charge in [0.05, 0.1) is 6.10 Å². The second kappa shape index (κ2) is 6.44. The third-order valence-corrected chi connectivity index (χ3v) is 4.93. The van der Waals surface area contributed by atoms with Crippen LogP contribution >= 0.6 is 11.8 Å². The number of benzene rings is 2. The van der Waals surface area contributed by atoms with Crippen LogP contribution in [0.15, 0.2) is 59.5 Å². The minimum Gasteiger partial charge on any atom is -0.387 e. The van der Waals surface area contributed by atoms with Crippen LogP contribution in [0.3, 0.4) is 0 Å². The van der Waals surface area contributed by atoms with Crippen LogP contribution in [0.1, 0.15) is 17.2 Å². The first-order valence-electron chi connectivity index (χ1n) is 7.01. The van der Waals surface area contributed by atoms with Gasteiger partial charge in [-0.25, -0.2) is 0 Å². The zero-order valence-electron chi connectivity index (χ0n) is 11.3. The summed E-state index contributed by atoms with van der Waals surface area (Å²) < 4.78 is 0. The molecular weight excluding hydrogens is 266 g/mol. The third-order valence-electron chi connectivity index (χ3n) is 3.61. The van der Waals surface area contributed by atoms with Crippen LogP contribution in [0.4, 0.5) is 0 Å². The Balaban J connectivity index is 1.46. The summed E-state index contributed by atoms with van der Waals surface area (Å²) in [7, 11) is 0. The first kappa shape index (κ1) is 13.7. The van der Waals surface area contributed by atoms with Crippen LogP contribution in [-0.4, -0.2) is 23.4 Å². The molecule has 0 amide bonds. The molecule has 2 unspecified atom stereocenters. The Morgan fingerprint density at radius 1 is 1.10 bits per heavy atom. The molecule has 0 saturated heterocycles. The van der Waals surface area contributed by atoms with Crippen LogP contribution in [0.5, 0.6) is 0 Å². The van der Waals surface area contributed by atoms with E-state index in [9.17, 15) is 5.11 Å². The third kappa shape index (κ3) is 3.23. The summed E-state index contributed by atoms with van der Waals surface area (Å²) in [5.41, 5.74) is 2.43. The van der Waals surface area contributed by atoms with Gasteiger partial charge < -0.3 is 10.4 Å². The molecule has 0 aliphatic carbocycles. The van der Waals surface area contributed by atoms with Crippen LogP contribution in [0.25, 0.3) is 0 Å². The normalized spacial score (nSPS) is 18.8. The largest absolute Gasteiger partial charge is 0.387 e. The highest BCUT2D eigenvalue weighted by Gasteiger charge is 2.21. The molecule has 1 aliphatic rings. The molecule has 2 atom stereocenters. The monoisotopic (exact) mass is 285 g/mol. The maximum atomic E-state index is 10.1. The van der Waals surface area contributed by atoms with Crippen molar-refractivity contribution in [3.63, 3.8) is 0 Å². The molecular formula is C17H19NOS. The Hall–Kier alpha value is -1.29. The Morgan fingerprint density at radius 2 is 1.85 bits per heavy atom. The fourth-order valence-corrected chi connectivity index (χ4v) is 3.82. The molecule has 2 aromatic carbocycles. The van der Waals surface area contributed by atoms with Gasteiger partial charge in [0.2, 0.25) is 0 Å². The van der Waals surface area contributed by atoms with E-state index in [1.165, 1.54) is 10.5 Å². The van der Waals surface area contributed by atoms with Gasteiger partial charge in [0.25, 0.3) is 0 Å². The molecule has 0 aromatic heterocycles. The molecule has 2 aromatic rings. The van der Waals surface area contributed by atoms with E-state index in [-0.39, 0.29) is 0 Å². The predicted octanol–water partition coefficient (Wildman–Crippen LogP) is 3.03. The Kier molecular flexibility index (Phi) is 4.41. The molecule has 2 nitrogen and oxygen atoms in total. The maximum absolute atomic E-state index is 10.1. The Morgan fingerprint density at radius 3 is 2.65 bits per heavy atom. The summed E-state index contributed by atoms with van der Waals surface area (Å²) in [6, 6.07) is 18.4. The summed E-state index contributed by atoms with van der Waals surface area (Å²) in [6.07, 6.45) is 0.694. The fourth-order valence-electron chi connectivity index (χ4n) is 2.54. The number of thioether (sulfide) groups is 1. The average molecular weight is 285 g/mol. The number of hydrogen-bond acceptors (Lipinski definition) is 3. The topological polar surface area (TPSA) is 32.3 Å². The number of hydrogen-bond donors (Lipinski definition) is 2. The zero-order chi connectivity index (χ0) is 13.8. The highest BCUT2D eigenvalue weighted by Crippen LogP contribution is 2.36. The van der Waals surface area contributed by atoms with Crippen molar-refractivity contribution in [2.24, 2.45) is 0 Å². The molecule has 3 heteroatoms. The lowest BCUT2D eigenvalue weighted by atomic mass is 10.1. The smallest absolute Gasteiger partial charge is 0.0914 e. The highest BCUT2D eigenvalue weighted by atomic mass is 32.2. The summed E-state index contributed by atoms with van der Waals surface area (Å²) in [6.45, 7) is 1.54. The van der Waals surface area contributed by atoms with E-state index in [0.717, 1.165) is 18.5 Å². The Bertz CT molecular complexity index is 533. The lowest BCUT2D eigenvalue weighted by Crippen LogP contribution is -2.28. The van der Waals surface area contributed by atoms with Crippen molar-refractivity contribution >= 4 is 11.8 Å². The van der Waals surface area contributed by atoms with Crippen LogP contribution < -0.4 is 5.32 Å². The molecule has 0 radical (unpaired) electrons. The van der Waals surface area contributed by atoms with Crippen molar-refractivity contribution < 1.29 is 5.11 Å². The molecule has 0 spiro atoms. The molecule has 104 valence electrons. The highest BCUT2D eigenvalue weighted by molar-refractivity contribution is 8.00. The summed E-state index contributed by atoms with van der Waals surface area (Å²) in [5.74, 6) is 0. The first-order chi connectivity index (χ1) is 9.83. The van der Waals surface area contributed by atoms with E-state index in [2.05, 4.69) is 29.6 Å². The SMILES string of the molecule is OC(CNCC1Cc2ccccc2S1)c1ccccc1. The molecule has 20 heavy (non-hydrogen) atoms. The molecule has 1 aliphatic heterocycles. The molecule has 2 N–H and O–H groups in total. The van der Waals surface area contributed by atoms with Crippen LogP contribution in [-0.2, 0) is 6.42 Å². The number of nitrogens with one attached hydrogen (secondary N) is 1. The molecule has 0 saturated carbocycles. The van der Waals surface area contributed by atoms with E-state index in [1.807, 2.05) is 42.1 Å². The fraction of sp³-hybridized carbons (Fsp3) is 0.294. The predicted molar refractivity (Wildman–Crippen MR) is 84.1 cm³/mol. The van der Waals surface area contributed by atoms with Gasteiger partial charge in [-0.05, 0) is 23.6 Å². The number of aliphatic hydroxyl groups is 1. The first-order valence-corrected chi connectivity index (χ1v) is 7.89. The average Bonchev–Trinajstić information content (AvgIpc) is 2.90. The lowest BCUT2D eigenvalue weighted by molar-refractivity contribution is 0.175. The number of rotatable bonds is 5. The van der Waals surface area contributed by atoms with Crippen molar-refractivity contribution in [3.05, 3.63) is 65.7 Å². The maximum Gasteiger partial charge on any atom is 0.0914 e. The van der Waals surface area contributed by atoms with Gasteiger partial charge >= 0.3 is 0 Å². The van der Waals surface area contributed by atoms with Gasteiger partial charge in [-0.1, -0.05) is 48.5 Å². The van der Waals surface area contributed by atoms with Gasteiger partial charge in [-0.3, -0.25) is 0 Å². The summed E-state index contributed by atoms with van der Waals surface area (Å²) >= 11 is 1.94. The van der Waals surface area contributed by atoms with Crippen molar-refractivity contribution in [2.45, 2.75) is 22.7 Å². The number of fused-ring (bicyclic) bond motifs is 1. The van der Waals surface area contributed by atoms with Crippen molar-refractivity contribution in [3.8, 4) is 0 Å². The van der Waals surface area contributed by atoms with E-state index >= 15 is 0 Å². The van der Waals surface area contributed by atoms with E-state index in [4.69, 9.17) is 0 Å². The van der Waals surface area contributed by atoms with Gasteiger partial charge in [0.15, 0.2) is 0 Å². The molecule has 0 fully saturated rings. The van der Waals surface area contributed by atoms with Crippen molar-refractivity contribution in [2.75, 3.05) is 13.1 Å². The second-order valence-electron chi connectivity index (χ2n) is 5.14. The van der Waals surface area contributed by atoms with Gasteiger partial charge in [0, 0.05) is 23.2 Å². The standard InChI is InChI=1S/C17H19NOS/c19-16(13-6-2-1-3-7-13)12-18-11-15-10-14-8-4-5-9-17(14)20-15/h1-9,15-16,18-19H,10-12H2. The summed E-state index contributed by atoms with van der Waals surface area (Å²) in [5, 5.41) is 14.1. The summed E-state index contributed by atoms with van der Waals surface area (Å²) in [4.78, 5) is 1.41. The minimum atomic E-state index is -0.426. The van der Waals surface area contributed by atoms with Crippen molar-refractivity contribution in [1.29, 1.82) is 0 Å². The quantitative estimate of drug-likeness (QED) is 0.885.